The molecule has 0 aliphatic carbocycles. The number of hydrogen-bond acceptors (Lipinski definition) is 3. The standard InChI is InChI=1S/C16H24N2O2/c1-12-4-3-5-13(2)14(12)6-9-18-15(19)16(17)7-10-20-11-8-16/h3-5H,6-11,17H2,1-2H3,(H,18,19). The van der Waals surface area contributed by atoms with Gasteiger partial charge in [-0.15, -0.1) is 0 Å². The lowest BCUT2D eigenvalue weighted by Crippen LogP contribution is -2.57. The maximum Gasteiger partial charge on any atom is 0.240 e. The smallest absolute Gasteiger partial charge is 0.240 e. The Hall–Kier alpha value is -1.39. The highest BCUT2D eigenvalue weighted by molar-refractivity contribution is 5.86. The first-order chi connectivity index (χ1) is 9.53. The van der Waals surface area contributed by atoms with Crippen molar-refractivity contribution in [1.82, 2.24) is 5.32 Å². The number of aryl methyl sites for hydroxylation is 2. The molecule has 2 rings (SSSR count). The maximum absolute atomic E-state index is 12.2. The Morgan fingerprint density at radius 1 is 1.30 bits per heavy atom. The van der Waals surface area contributed by atoms with Crippen molar-refractivity contribution in [3.8, 4) is 0 Å². The number of ether oxygens (including phenoxy) is 1. The van der Waals surface area contributed by atoms with Gasteiger partial charge in [0.05, 0.1) is 5.54 Å². The fraction of sp³-hybridized carbons (Fsp3) is 0.562. The van der Waals surface area contributed by atoms with E-state index in [0.717, 1.165) is 6.42 Å². The van der Waals surface area contributed by atoms with Gasteiger partial charge in [-0.1, -0.05) is 18.2 Å². The van der Waals surface area contributed by atoms with E-state index in [4.69, 9.17) is 10.5 Å². The predicted molar refractivity (Wildman–Crippen MR) is 79.6 cm³/mol. The molecule has 4 heteroatoms. The van der Waals surface area contributed by atoms with Crippen molar-refractivity contribution in [1.29, 1.82) is 0 Å². The minimum atomic E-state index is -0.751. The molecule has 0 atom stereocenters. The van der Waals surface area contributed by atoms with Crippen molar-refractivity contribution in [2.75, 3.05) is 19.8 Å². The summed E-state index contributed by atoms with van der Waals surface area (Å²) in [5, 5.41) is 2.98. The number of nitrogens with one attached hydrogen (secondary N) is 1. The van der Waals surface area contributed by atoms with Gasteiger partial charge < -0.3 is 15.8 Å². The van der Waals surface area contributed by atoms with Crippen molar-refractivity contribution in [2.24, 2.45) is 5.73 Å². The van der Waals surface area contributed by atoms with Crippen LogP contribution in [0.25, 0.3) is 0 Å². The lowest BCUT2D eigenvalue weighted by Gasteiger charge is -2.31. The van der Waals surface area contributed by atoms with Gasteiger partial charge in [0.25, 0.3) is 0 Å². The van der Waals surface area contributed by atoms with Crippen molar-refractivity contribution in [2.45, 2.75) is 38.6 Å². The zero-order valence-corrected chi connectivity index (χ0v) is 12.4. The third-order valence-corrected chi connectivity index (χ3v) is 4.14. The van der Waals surface area contributed by atoms with Crippen LogP contribution in [0.15, 0.2) is 18.2 Å². The van der Waals surface area contributed by atoms with E-state index in [0.29, 0.717) is 32.6 Å². The van der Waals surface area contributed by atoms with Gasteiger partial charge in [-0.3, -0.25) is 4.79 Å². The topological polar surface area (TPSA) is 64.4 Å². The number of amides is 1. The maximum atomic E-state index is 12.2. The molecule has 1 amide bonds. The highest BCUT2D eigenvalue weighted by Gasteiger charge is 2.35. The highest BCUT2D eigenvalue weighted by atomic mass is 16.5. The van der Waals surface area contributed by atoms with Gasteiger partial charge in [-0.2, -0.15) is 0 Å². The van der Waals surface area contributed by atoms with Crippen LogP contribution in [0.3, 0.4) is 0 Å². The summed E-state index contributed by atoms with van der Waals surface area (Å²) in [6, 6.07) is 6.27. The van der Waals surface area contributed by atoms with E-state index in [2.05, 4.69) is 37.4 Å². The molecule has 0 bridgehead atoms. The second kappa shape index (κ2) is 6.37. The first kappa shape index (κ1) is 15.0. The third kappa shape index (κ3) is 3.38. The number of benzene rings is 1. The van der Waals surface area contributed by atoms with Crippen molar-refractivity contribution >= 4 is 5.91 Å². The Morgan fingerprint density at radius 3 is 2.50 bits per heavy atom. The summed E-state index contributed by atoms with van der Waals surface area (Å²) in [6.07, 6.45) is 2.04. The molecule has 1 saturated heterocycles. The largest absolute Gasteiger partial charge is 0.381 e. The molecule has 0 radical (unpaired) electrons. The van der Waals surface area contributed by atoms with E-state index >= 15 is 0 Å². The fourth-order valence-corrected chi connectivity index (χ4v) is 2.68. The quantitative estimate of drug-likeness (QED) is 0.875. The molecule has 0 aromatic heterocycles. The molecule has 110 valence electrons. The summed E-state index contributed by atoms with van der Waals surface area (Å²) in [7, 11) is 0. The van der Waals surface area contributed by atoms with E-state index in [1.807, 2.05) is 0 Å². The van der Waals surface area contributed by atoms with Gasteiger partial charge >= 0.3 is 0 Å². The van der Waals surface area contributed by atoms with Gasteiger partial charge in [0.2, 0.25) is 5.91 Å². The summed E-state index contributed by atoms with van der Waals surface area (Å²) >= 11 is 0. The molecular weight excluding hydrogens is 252 g/mol. The summed E-state index contributed by atoms with van der Waals surface area (Å²) in [6.45, 7) is 5.98. The van der Waals surface area contributed by atoms with Crippen molar-refractivity contribution < 1.29 is 9.53 Å². The summed E-state index contributed by atoms with van der Waals surface area (Å²) in [4.78, 5) is 12.2. The van der Waals surface area contributed by atoms with E-state index in [9.17, 15) is 4.79 Å². The molecule has 1 aliphatic heterocycles. The SMILES string of the molecule is Cc1cccc(C)c1CCNC(=O)C1(N)CCOCC1. The Bertz CT molecular complexity index is 459. The third-order valence-electron chi connectivity index (χ3n) is 4.14. The minimum Gasteiger partial charge on any atom is -0.381 e. The Morgan fingerprint density at radius 2 is 1.90 bits per heavy atom. The van der Waals surface area contributed by atoms with E-state index in [-0.39, 0.29) is 5.91 Å². The van der Waals surface area contributed by atoms with Gasteiger partial charge in [-0.25, -0.2) is 0 Å². The van der Waals surface area contributed by atoms with Crippen LogP contribution in [0.1, 0.15) is 29.5 Å². The molecule has 1 aromatic rings. The molecule has 0 spiro atoms. The lowest BCUT2D eigenvalue weighted by molar-refractivity contribution is -0.129. The number of nitrogens with two attached hydrogens (primary N) is 1. The molecule has 20 heavy (non-hydrogen) atoms. The monoisotopic (exact) mass is 276 g/mol. The van der Waals surface area contributed by atoms with Crippen LogP contribution in [0, 0.1) is 13.8 Å². The van der Waals surface area contributed by atoms with Gasteiger partial charge in [0.1, 0.15) is 0 Å². The van der Waals surface area contributed by atoms with E-state index in [1.165, 1.54) is 16.7 Å². The molecule has 0 unspecified atom stereocenters. The van der Waals surface area contributed by atoms with Crippen molar-refractivity contribution in [3.05, 3.63) is 34.9 Å². The molecule has 1 aromatic carbocycles. The fourth-order valence-electron chi connectivity index (χ4n) is 2.68. The number of carbonyl (C=O) groups is 1. The van der Waals surface area contributed by atoms with Gasteiger partial charge in [-0.05, 0) is 49.8 Å². The zero-order chi connectivity index (χ0) is 14.6. The van der Waals surface area contributed by atoms with Crippen LogP contribution in [0.5, 0.6) is 0 Å². The van der Waals surface area contributed by atoms with E-state index in [1.54, 1.807) is 0 Å². The van der Waals surface area contributed by atoms with Crippen molar-refractivity contribution in [3.63, 3.8) is 0 Å². The predicted octanol–water partition coefficient (Wildman–Crippen LogP) is 1.47. The second-order valence-corrected chi connectivity index (χ2v) is 5.64. The average Bonchev–Trinajstić information content (AvgIpc) is 2.42. The molecule has 1 fully saturated rings. The number of hydrogen-bond donors (Lipinski definition) is 2. The number of carbonyl (C=O) groups excluding carboxylic acids is 1. The van der Waals surface area contributed by atoms with Crippen LogP contribution >= 0.6 is 0 Å². The lowest BCUT2D eigenvalue weighted by atomic mass is 9.90. The summed E-state index contributed by atoms with van der Waals surface area (Å²) in [5.74, 6) is -0.0490. The summed E-state index contributed by atoms with van der Waals surface area (Å²) < 4.78 is 5.26. The Labute approximate surface area is 120 Å². The highest BCUT2D eigenvalue weighted by Crippen LogP contribution is 2.18. The average molecular weight is 276 g/mol. The molecule has 1 heterocycles. The molecule has 1 aliphatic rings. The Kier molecular flexibility index (Phi) is 4.78. The molecule has 3 N–H and O–H groups in total. The van der Waals surface area contributed by atoms with Gasteiger partial charge in [0.15, 0.2) is 0 Å². The Balaban J connectivity index is 1.88. The van der Waals surface area contributed by atoms with E-state index < -0.39 is 5.54 Å². The molecular formula is C16H24N2O2. The number of rotatable bonds is 4. The van der Waals surface area contributed by atoms with Crippen LogP contribution in [-0.4, -0.2) is 31.2 Å². The minimum absolute atomic E-state index is 0.0490. The molecule has 4 nitrogen and oxygen atoms in total. The first-order valence-corrected chi connectivity index (χ1v) is 7.23. The first-order valence-electron chi connectivity index (χ1n) is 7.23. The van der Waals surface area contributed by atoms with Crippen LogP contribution in [-0.2, 0) is 16.0 Å². The van der Waals surface area contributed by atoms with Gasteiger partial charge in [0, 0.05) is 19.8 Å². The molecule has 0 saturated carbocycles. The normalized spacial score (nSPS) is 17.8. The second-order valence-electron chi connectivity index (χ2n) is 5.64. The van der Waals surface area contributed by atoms with Crippen LogP contribution in [0.4, 0.5) is 0 Å². The van der Waals surface area contributed by atoms with Crippen LogP contribution in [0.2, 0.25) is 0 Å². The summed E-state index contributed by atoms with van der Waals surface area (Å²) in [5.41, 5.74) is 9.25. The zero-order valence-electron chi connectivity index (χ0n) is 12.4. The van der Waals surface area contributed by atoms with Crippen LogP contribution < -0.4 is 11.1 Å².